The molecule has 0 bridgehead atoms. The van der Waals surface area contributed by atoms with Gasteiger partial charge in [0.15, 0.2) is 0 Å². The van der Waals surface area contributed by atoms with Gasteiger partial charge in [-0.2, -0.15) is 0 Å². The Morgan fingerprint density at radius 1 is 1.55 bits per heavy atom. The largest absolute Gasteiger partial charge is 0.299 e. The first-order valence-corrected chi connectivity index (χ1v) is 3.24. The fraction of sp³-hybridized carbons (Fsp3) is 0.875. The van der Waals surface area contributed by atoms with Crippen LogP contribution >= 0.6 is 0 Å². The van der Waals surface area contributed by atoms with Gasteiger partial charge >= 0.3 is 0 Å². The number of hydrogen-bond donors (Lipinski definition) is 0. The third-order valence-corrected chi connectivity index (χ3v) is 2.02. The third kappa shape index (κ3) is 2.56. The molecule has 0 saturated heterocycles. The summed E-state index contributed by atoms with van der Waals surface area (Å²) < 4.78 is 24.2. The van der Waals surface area contributed by atoms with Crippen LogP contribution in [0, 0.1) is 5.41 Å². The smallest absolute Gasteiger partial charge is 0.250 e. The van der Waals surface area contributed by atoms with E-state index >= 15 is 0 Å². The first-order valence-electron chi connectivity index (χ1n) is 3.24. The van der Waals surface area contributed by atoms with Crippen LogP contribution in [0.1, 0.15) is 34.6 Å². The minimum atomic E-state index is -2.55. The molecular formula is C8H16F2O. The van der Waals surface area contributed by atoms with Crippen LogP contribution in [0.3, 0.4) is 0 Å². The number of halogens is 2. The highest BCUT2D eigenvalue weighted by molar-refractivity contribution is 5.82. The Hall–Kier alpha value is -0.470. The molecule has 0 spiro atoms. The summed E-state index contributed by atoms with van der Waals surface area (Å²) in [6, 6.07) is 0. The highest BCUT2D eigenvalue weighted by Gasteiger charge is 2.37. The lowest BCUT2D eigenvalue weighted by atomic mass is 9.84. The van der Waals surface area contributed by atoms with Crippen molar-refractivity contribution in [2.75, 3.05) is 0 Å². The normalized spacial score (nSPS) is 15.5. The van der Waals surface area contributed by atoms with Crippen molar-refractivity contribution in [3.8, 4) is 0 Å². The predicted octanol–water partition coefficient (Wildman–Crippen LogP) is 2.89. The Balaban J connectivity index is 0. The van der Waals surface area contributed by atoms with Crippen LogP contribution in [0.4, 0.5) is 8.78 Å². The lowest BCUT2D eigenvalue weighted by Gasteiger charge is -2.23. The second kappa shape index (κ2) is 4.42. The molecule has 68 valence electrons. The Labute approximate surface area is 66.8 Å². The molecule has 0 heterocycles. The molecule has 0 aliphatic carbocycles. The van der Waals surface area contributed by atoms with Gasteiger partial charge in [0.1, 0.15) is 5.78 Å². The number of carbonyl (C=O) groups excluding carboxylic acids is 1. The van der Waals surface area contributed by atoms with E-state index in [0.29, 0.717) is 0 Å². The second-order valence-electron chi connectivity index (χ2n) is 2.63. The van der Waals surface area contributed by atoms with E-state index in [4.69, 9.17) is 0 Å². The number of Topliss-reactive ketones (excluding diaryl/α,β-unsaturated/α-hetero) is 1. The van der Waals surface area contributed by atoms with Crippen LogP contribution in [0.15, 0.2) is 0 Å². The number of carbonyl (C=O) groups is 1. The summed E-state index contributed by atoms with van der Waals surface area (Å²) in [5.74, 6) is -0.440. The average molecular weight is 166 g/mol. The van der Waals surface area contributed by atoms with Crippen molar-refractivity contribution in [1.82, 2.24) is 0 Å². The van der Waals surface area contributed by atoms with Crippen molar-refractivity contribution in [2.24, 2.45) is 5.41 Å². The zero-order valence-electron chi connectivity index (χ0n) is 6.45. The standard InChI is InChI=1S/C7H12F2O.CH4/c1-4-7(3,5(2)10)6(8)9;/h6H,4H2,1-3H3;1H4. The molecule has 3 heteroatoms. The monoisotopic (exact) mass is 166 g/mol. The van der Waals surface area contributed by atoms with Crippen molar-refractivity contribution < 1.29 is 13.6 Å². The molecule has 0 aromatic rings. The molecule has 1 nitrogen and oxygen atoms in total. The Morgan fingerprint density at radius 2 is 1.91 bits per heavy atom. The maximum atomic E-state index is 12.1. The number of hydrogen-bond acceptors (Lipinski definition) is 1. The number of alkyl halides is 2. The van der Waals surface area contributed by atoms with Gasteiger partial charge in [-0.05, 0) is 20.3 Å². The fourth-order valence-electron chi connectivity index (χ4n) is 0.557. The van der Waals surface area contributed by atoms with E-state index in [1.165, 1.54) is 13.8 Å². The zero-order valence-corrected chi connectivity index (χ0v) is 6.45. The summed E-state index contributed by atoms with van der Waals surface area (Å²) in [4.78, 5) is 10.7. The quantitative estimate of drug-likeness (QED) is 0.630. The second-order valence-corrected chi connectivity index (χ2v) is 2.63. The van der Waals surface area contributed by atoms with E-state index < -0.39 is 17.6 Å². The summed E-state index contributed by atoms with van der Waals surface area (Å²) in [7, 11) is 0. The van der Waals surface area contributed by atoms with Gasteiger partial charge in [-0.1, -0.05) is 14.4 Å². The summed E-state index contributed by atoms with van der Waals surface area (Å²) in [5, 5.41) is 0. The van der Waals surface area contributed by atoms with Crippen molar-refractivity contribution in [1.29, 1.82) is 0 Å². The molecule has 0 radical (unpaired) electrons. The van der Waals surface area contributed by atoms with Crippen molar-refractivity contribution in [3.63, 3.8) is 0 Å². The van der Waals surface area contributed by atoms with E-state index in [1.54, 1.807) is 6.92 Å². The van der Waals surface area contributed by atoms with E-state index in [0.717, 1.165) is 0 Å². The lowest BCUT2D eigenvalue weighted by molar-refractivity contribution is -0.134. The van der Waals surface area contributed by atoms with Crippen LogP contribution in [0.25, 0.3) is 0 Å². The van der Waals surface area contributed by atoms with Gasteiger partial charge in [-0.25, -0.2) is 8.78 Å². The highest BCUT2D eigenvalue weighted by Crippen LogP contribution is 2.29. The molecule has 0 rings (SSSR count). The maximum absolute atomic E-state index is 12.1. The summed E-state index contributed by atoms with van der Waals surface area (Å²) in [5.41, 5.74) is -1.43. The molecule has 11 heavy (non-hydrogen) atoms. The van der Waals surface area contributed by atoms with Crippen LogP contribution in [0.2, 0.25) is 0 Å². The Morgan fingerprint density at radius 3 is 1.91 bits per heavy atom. The summed E-state index contributed by atoms with van der Waals surface area (Å²) in [6.45, 7) is 4.09. The van der Waals surface area contributed by atoms with E-state index in [1.807, 2.05) is 0 Å². The van der Waals surface area contributed by atoms with Crippen molar-refractivity contribution in [2.45, 2.75) is 41.0 Å². The molecular weight excluding hydrogens is 150 g/mol. The molecule has 1 atom stereocenters. The van der Waals surface area contributed by atoms with Gasteiger partial charge in [-0.3, -0.25) is 4.79 Å². The molecule has 0 aromatic carbocycles. The molecule has 0 aromatic heterocycles. The minimum Gasteiger partial charge on any atom is -0.299 e. The molecule has 1 unspecified atom stereocenters. The summed E-state index contributed by atoms with van der Waals surface area (Å²) in [6.07, 6.45) is -2.35. The average Bonchev–Trinajstić information content (AvgIpc) is 1.85. The number of ketones is 1. The number of rotatable bonds is 3. The van der Waals surface area contributed by atoms with Crippen molar-refractivity contribution in [3.05, 3.63) is 0 Å². The Bertz CT molecular complexity index is 134. The highest BCUT2D eigenvalue weighted by atomic mass is 19.3. The van der Waals surface area contributed by atoms with Crippen LogP contribution in [0.5, 0.6) is 0 Å². The van der Waals surface area contributed by atoms with E-state index in [-0.39, 0.29) is 13.8 Å². The van der Waals surface area contributed by atoms with Gasteiger partial charge in [-0.15, -0.1) is 0 Å². The van der Waals surface area contributed by atoms with Crippen molar-refractivity contribution >= 4 is 5.78 Å². The molecule has 0 fully saturated rings. The van der Waals surface area contributed by atoms with Gasteiger partial charge in [0.2, 0.25) is 0 Å². The molecule has 0 amide bonds. The zero-order chi connectivity index (χ0) is 8.36. The molecule has 0 saturated carbocycles. The Kier molecular flexibility index (Phi) is 5.28. The fourth-order valence-corrected chi connectivity index (χ4v) is 0.557. The van der Waals surface area contributed by atoms with Crippen LogP contribution < -0.4 is 0 Å². The maximum Gasteiger partial charge on any atom is 0.250 e. The van der Waals surface area contributed by atoms with E-state index in [2.05, 4.69) is 0 Å². The first-order chi connectivity index (χ1) is 4.45. The van der Waals surface area contributed by atoms with Gasteiger partial charge < -0.3 is 0 Å². The predicted molar refractivity (Wildman–Crippen MR) is 41.8 cm³/mol. The first kappa shape index (κ1) is 13.1. The molecule has 0 aliphatic heterocycles. The SMILES string of the molecule is C.CCC(C)(C(C)=O)C(F)F. The van der Waals surface area contributed by atoms with Gasteiger partial charge in [0.05, 0.1) is 5.41 Å². The molecule has 0 aliphatic rings. The van der Waals surface area contributed by atoms with Gasteiger partial charge in [0.25, 0.3) is 6.43 Å². The molecule has 0 N–H and O–H groups in total. The third-order valence-electron chi connectivity index (χ3n) is 2.02. The lowest BCUT2D eigenvalue weighted by Crippen LogP contribution is -2.32. The van der Waals surface area contributed by atoms with E-state index in [9.17, 15) is 13.6 Å². The topological polar surface area (TPSA) is 17.1 Å². The summed E-state index contributed by atoms with van der Waals surface area (Å²) >= 11 is 0. The van der Waals surface area contributed by atoms with Crippen LogP contribution in [-0.2, 0) is 4.79 Å². The van der Waals surface area contributed by atoms with Gasteiger partial charge in [0, 0.05) is 0 Å². The van der Waals surface area contributed by atoms with Crippen LogP contribution in [-0.4, -0.2) is 12.2 Å². The minimum absolute atomic E-state index is 0.